The number of carbonyl (C=O) groups excluding carboxylic acids is 2. The number of aryl methyl sites for hydroxylation is 1. The number of ether oxygens (including phenoxy) is 2. The van der Waals surface area contributed by atoms with Gasteiger partial charge in [0.05, 0.1) is 18.7 Å². The Morgan fingerprint density at radius 2 is 1.86 bits per heavy atom. The summed E-state index contributed by atoms with van der Waals surface area (Å²) >= 11 is 0. The van der Waals surface area contributed by atoms with Crippen molar-refractivity contribution in [2.45, 2.75) is 19.8 Å². The predicted octanol–water partition coefficient (Wildman–Crippen LogP) is 3.27. The molecule has 1 unspecified atom stereocenters. The molecule has 1 heterocycles. The van der Waals surface area contributed by atoms with Crippen LogP contribution in [0.5, 0.6) is 11.6 Å². The van der Waals surface area contributed by atoms with Crippen LogP contribution in [0.15, 0.2) is 36.4 Å². The van der Waals surface area contributed by atoms with E-state index in [9.17, 15) is 9.59 Å². The van der Waals surface area contributed by atoms with E-state index in [0.717, 1.165) is 11.8 Å². The van der Waals surface area contributed by atoms with E-state index < -0.39 is 0 Å². The molecule has 1 atom stereocenters. The second-order valence-corrected chi connectivity index (χ2v) is 4.86. The summed E-state index contributed by atoms with van der Waals surface area (Å²) < 4.78 is 10.4. The summed E-state index contributed by atoms with van der Waals surface area (Å²) in [6, 6.07) is 10.5. The summed E-state index contributed by atoms with van der Waals surface area (Å²) in [5.41, 5.74) is 2.00. The van der Waals surface area contributed by atoms with Crippen LogP contribution in [0.25, 0.3) is 0 Å². The van der Waals surface area contributed by atoms with Crippen molar-refractivity contribution in [1.29, 1.82) is 0 Å². The van der Waals surface area contributed by atoms with Gasteiger partial charge < -0.3 is 9.47 Å². The fourth-order valence-corrected chi connectivity index (χ4v) is 1.99. The summed E-state index contributed by atoms with van der Waals surface area (Å²) in [4.78, 5) is 26.5. The Hall–Kier alpha value is -2.69. The maximum Gasteiger partial charge on any atom is 0.312 e. The van der Waals surface area contributed by atoms with E-state index >= 15 is 0 Å². The minimum atomic E-state index is -0.328. The Balaban J connectivity index is 2.13. The first-order valence-corrected chi connectivity index (χ1v) is 6.83. The Bertz CT molecular complexity index is 680. The molecular formula is C17H17NO4. The van der Waals surface area contributed by atoms with Crippen molar-refractivity contribution in [3.8, 4) is 11.6 Å². The first kappa shape index (κ1) is 15.7. The number of esters is 1. The smallest absolute Gasteiger partial charge is 0.312 e. The van der Waals surface area contributed by atoms with Crippen LogP contribution in [0, 0.1) is 6.92 Å². The fraction of sp³-hybridized carbons (Fsp3) is 0.235. The van der Waals surface area contributed by atoms with Crippen LogP contribution in [-0.2, 0) is 9.53 Å². The first-order chi connectivity index (χ1) is 10.5. The van der Waals surface area contributed by atoms with Crippen LogP contribution in [-0.4, -0.2) is 24.3 Å². The van der Waals surface area contributed by atoms with Gasteiger partial charge in [0.2, 0.25) is 5.88 Å². The number of aromatic nitrogens is 1. The zero-order chi connectivity index (χ0) is 16.1. The monoisotopic (exact) mass is 299 g/mol. The lowest BCUT2D eigenvalue weighted by atomic mass is 10.0. The average Bonchev–Trinajstić information content (AvgIpc) is 2.54. The average molecular weight is 299 g/mol. The van der Waals surface area contributed by atoms with E-state index in [1.54, 1.807) is 38.1 Å². The van der Waals surface area contributed by atoms with Crippen molar-refractivity contribution in [3.05, 3.63) is 53.2 Å². The van der Waals surface area contributed by atoms with E-state index in [2.05, 4.69) is 4.98 Å². The number of benzene rings is 1. The maximum absolute atomic E-state index is 11.5. The highest BCUT2D eigenvalue weighted by atomic mass is 16.5. The van der Waals surface area contributed by atoms with Gasteiger partial charge in [-0.05, 0) is 37.6 Å². The van der Waals surface area contributed by atoms with Gasteiger partial charge in [0.25, 0.3) is 0 Å². The Morgan fingerprint density at radius 3 is 2.41 bits per heavy atom. The SMILES string of the molecule is COC(=O)C(C)c1ccc(Oc2ccc(C=O)c(C)n2)cc1. The number of nitrogens with zero attached hydrogens (tertiary/aromatic N) is 1. The standard InChI is InChI=1S/C17H17NO4/c1-11(17(20)21-3)13-4-7-15(8-5-13)22-16-9-6-14(10-19)12(2)18-16/h4-11H,1-3H3. The molecule has 0 spiro atoms. The van der Waals surface area contributed by atoms with E-state index in [1.165, 1.54) is 7.11 Å². The number of aldehydes is 1. The van der Waals surface area contributed by atoms with Gasteiger partial charge in [-0.2, -0.15) is 0 Å². The van der Waals surface area contributed by atoms with Crippen LogP contribution in [0.4, 0.5) is 0 Å². The molecule has 5 heteroatoms. The van der Waals surface area contributed by atoms with E-state index in [-0.39, 0.29) is 11.9 Å². The molecule has 2 rings (SSSR count). The molecule has 0 radical (unpaired) electrons. The normalized spacial score (nSPS) is 11.6. The van der Waals surface area contributed by atoms with Crippen molar-refractivity contribution in [2.24, 2.45) is 0 Å². The largest absolute Gasteiger partial charge is 0.469 e. The third-order valence-electron chi connectivity index (χ3n) is 3.39. The lowest BCUT2D eigenvalue weighted by Crippen LogP contribution is -2.10. The van der Waals surface area contributed by atoms with E-state index in [1.807, 2.05) is 12.1 Å². The number of hydrogen-bond donors (Lipinski definition) is 0. The summed E-state index contributed by atoms with van der Waals surface area (Å²) in [7, 11) is 1.37. The van der Waals surface area contributed by atoms with Crippen LogP contribution in [0.3, 0.4) is 0 Å². The third-order valence-corrected chi connectivity index (χ3v) is 3.39. The molecule has 0 aliphatic heterocycles. The number of carbonyl (C=O) groups is 2. The molecule has 5 nitrogen and oxygen atoms in total. The molecule has 1 aromatic carbocycles. The van der Waals surface area contributed by atoms with Gasteiger partial charge >= 0.3 is 5.97 Å². The Morgan fingerprint density at radius 1 is 1.18 bits per heavy atom. The summed E-state index contributed by atoms with van der Waals surface area (Å²) in [6.45, 7) is 3.53. The molecule has 0 saturated carbocycles. The highest BCUT2D eigenvalue weighted by Gasteiger charge is 2.15. The van der Waals surface area contributed by atoms with Crippen LogP contribution in [0.2, 0.25) is 0 Å². The molecule has 0 aliphatic rings. The fourth-order valence-electron chi connectivity index (χ4n) is 1.99. The molecule has 22 heavy (non-hydrogen) atoms. The highest BCUT2D eigenvalue weighted by Crippen LogP contribution is 2.24. The predicted molar refractivity (Wildman–Crippen MR) is 81.3 cm³/mol. The van der Waals surface area contributed by atoms with E-state index in [0.29, 0.717) is 22.9 Å². The van der Waals surface area contributed by atoms with Gasteiger partial charge in [-0.3, -0.25) is 9.59 Å². The first-order valence-electron chi connectivity index (χ1n) is 6.83. The minimum Gasteiger partial charge on any atom is -0.469 e. The summed E-state index contributed by atoms with van der Waals surface area (Å²) in [5.74, 6) is 0.408. The Labute approximate surface area is 128 Å². The van der Waals surface area contributed by atoms with Crippen LogP contribution >= 0.6 is 0 Å². The number of pyridine rings is 1. The van der Waals surface area contributed by atoms with Crippen molar-refractivity contribution in [2.75, 3.05) is 7.11 Å². The Kier molecular flexibility index (Phi) is 4.88. The number of hydrogen-bond acceptors (Lipinski definition) is 5. The van der Waals surface area contributed by atoms with Gasteiger partial charge in [0.1, 0.15) is 5.75 Å². The van der Waals surface area contributed by atoms with Crippen molar-refractivity contribution < 1.29 is 19.1 Å². The molecule has 2 aromatic rings. The quantitative estimate of drug-likeness (QED) is 0.626. The second-order valence-electron chi connectivity index (χ2n) is 4.86. The molecule has 0 saturated heterocycles. The van der Waals surface area contributed by atoms with Gasteiger partial charge in [0.15, 0.2) is 6.29 Å². The van der Waals surface area contributed by atoms with Crippen molar-refractivity contribution in [3.63, 3.8) is 0 Å². The zero-order valence-electron chi connectivity index (χ0n) is 12.7. The summed E-state index contributed by atoms with van der Waals surface area (Å²) in [6.07, 6.45) is 0.759. The molecule has 0 fully saturated rings. The summed E-state index contributed by atoms with van der Waals surface area (Å²) in [5, 5.41) is 0. The lowest BCUT2D eigenvalue weighted by molar-refractivity contribution is -0.141. The maximum atomic E-state index is 11.5. The molecule has 0 N–H and O–H groups in total. The molecule has 1 aromatic heterocycles. The van der Waals surface area contributed by atoms with Gasteiger partial charge in [-0.1, -0.05) is 12.1 Å². The highest BCUT2D eigenvalue weighted by molar-refractivity contribution is 5.77. The topological polar surface area (TPSA) is 65.5 Å². The molecule has 0 aliphatic carbocycles. The van der Waals surface area contributed by atoms with Crippen LogP contribution < -0.4 is 4.74 Å². The number of rotatable bonds is 5. The minimum absolute atomic E-state index is 0.282. The van der Waals surface area contributed by atoms with E-state index in [4.69, 9.17) is 9.47 Å². The molecule has 0 amide bonds. The second kappa shape index (κ2) is 6.85. The molecule has 114 valence electrons. The lowest BCUT2D eigenvalue weighted by Gasteiger charge is -2.11. The van der Waals surface area contributed by atoms with Crippen molar-refractivity contribution >= 4 is 12.3 Å². The van der Waals surface area contributed by atoms with Crippen LogP contribution in [0.1, 0.15) is 34.5 Å². The van der Waals surface area contributed by atoms with Gasteiger partial charge in [0, 0.05) is 11.6 Å². The van der Waals surface area contributed by atoms with Crippen molar-refractivity contribution in [1.82, 2.24) is 4.98 Å². The molecule has 0 bridgehead atoms. The number of methoxy groups -OCH3 is 1. The molecular weight excluding hydrogens is 282 g/mol. The zero-order valence-corrected chi connectivity index (χ0v) is 12.7. The third kappa shape index (κ3) is 3.49. The van der Waals surface area contributed by atoms with Gasteiger partial charge in [-0.25, -0.2) is 4.98 Å². The van der Waals surface area contributed by atoms with Gasteiger partial charge in [-0.15, -0.1) is 0 Å².